The van der Waals surface area contributed by atoms with Gasteiger partial charge < -0.3 is 20.3 Å². The van der Waals surface area contributed by atoms with E-state index in [1.807, 2.05) is 0 Å². The first-order valence-electron chi connectivity index (χ1n) is 12.8. The Morgan fingerprint density at radius 3 is 2.45 bits per heavy atom. The molecule has 11 heteroatoms. The molecular weight excluding hydrogens is 553 g/mol. The summed E-state index contributed by atoms with van der Waals surface area (Å²) < 4.78 is 5.88. The molecule has 0 bridgehead atoms. The molecule has 0 unspecified atom stereocenters. The van der Waals surface area contributed by atoms with Crippen LogP contribution in [0.4, 0.5) is 0 Å². The average Bonchev–Trinajstić information content (AvgIpc) is 2.97. The summed E-state index contributed by atoms with van der Waals surface area (Å²) in [6.45, 7) is 0.770. The maximum absolute atomic E-state index is 13.1. The highest BCUT2D eigenvalue weighted by molar-refractivity contribution is 6.31. The minimum atomic E-state index is -0.924. The Balaban J connectivity index is 1.29. The van der Waals surface area contributed by atoms with E-state index in [-0.39, 0.29) is 25.0 Å². The van der Waals surface area contributed by atoms with Crippen LogP contribution < -0.4 is 15.4 Å². The number of piperidine rings is 1. The Bertz CT molecular complexity index is 1330. The summed E-state index contributed by atoms with van der Waals surface area (Å²) in [6.07, 6.45) is 7.49. The van der Waals surface area contributed by atoms with Gasteiger partial charge in [0.25, 0.3) is 0 Å². The number of halogens is 2. The van der Waals surface area contributed by atoms with Crippen LogP contribution in [0.5, 0.6) is 5.88 Å². The normalized spacial score (nSPS) is 14.5. The second-order valence-electron chi connectivity index (χ2n) is 9.18. The molecular formula is C29H29Cl2N5O4. The maximum Gasteiger partial charge on any atom is 0.244 e. The van der Waals surface area contributed by atoms with Crippen LogP contribution in [0.15, 0.2) is 73.1 Å². The van der Waals surface area contributed by atoms with Crippen molar-refractivity contribution in [1.82, 2.24) is 25.5 Å². The van der Waals surface area contributed by atoms with Crippen LogP contribution in [0.3, 0.4) is 0 Å². The quantitative estimate of drug-likeness (QED) is 0.353. The van der Waals surface area contributed by atoms with E-state index >= 15 is 0 Å². The Labute approximate surface area is 242 Å². The number of nitrogens with zero attached hydrogens (tertiary/aromatic N) is 3. The average molecular weight is 582 g/mol. The van der Waals surface area contributed by atoms with Crippen LogP contribution in [0.25, 0.3) is 6.08 Å². The molecule has 0 saturated carbocycles. The number of benzene rings is 1. The van der Waals surface area contributed by atoms with Crippen molar-refractivity contribution in [3.05, 3.63) is 94.4 Å². The molecule has 208 valence electrons. The molecule has 4 rings (SSSR count). The number of aromatic nitrogens is 2. The van der Waals surface area contributed by atoms with E-state index in [0.29, 0.717) is 47.6 Å². The number of carbonyl (C=O) groups excluding carboxylic acids is 3. The van der Waals surface area contributed by atoms with E-state index < -0.39 is 17.9 Å². The van der Waals surface area contributed by atoms with Gasteiger partial charge in [0.2, 0.25) is 23.6 Å². The second-order valence-corrected chi connectivity index (χ2v) is 10.0. The first-order valence-corrected chi connectivity index (χ1v) is 13.6. The molecule has 1 saturated heterocycles. The van der Waals surface area contributed by atoms with Crippen molar-refractivity contribution < 1.29 is 19.1 Å². The molecule has 9 nitrogen and oxygen atoms in total. The molecule has 0 radical (unpaired) electrons. The zero-order valence-electron chi connectivity index (χ0n) is 21.6. The van der Waals surface area contributed by atoms with E-state index in [4.69, 9.17) is 27.9 Å². The third-order valence-electron chi connectivity index (χ3n) is 6.28. The number of pyridine rings is 2. The highest BCUT2D eigenvalue weighted by Gasteiger charge is 2.26. The number of carbonyl (C=O) groups is 3. The van der Waals surface area contributed by atoms with Crippen LogP contribution >= 0.6 is 23.2 Å². The minimum Gasteiger partial charge on any atom is -0.473 e. The van der Waals surface area contributed by atoms with Crippen molar-refractivity contribution in [2.45, 2.75) is 31.4 Å². The summed E-state index contributed by atoms with van der Waals surface area (Å²) >= 11 is 12.0. The molecule has 1 aliphatic heterocycles. The minimum absolute atomic E-state index is 0.107. The van der Waals surface area contributed by atoms with Gasteiger partial charge in [0.15, 0.2) is 0 Å². The Hall–Kier alpha value is -3.95. The highest BCUT2D eigenvalue weighted by Crippen LogP contribution is 2.24. The fourth-order valence-electron chi connectivity index (χ4n) is 4.14. The molecule has 2 N–H and O–H groups in total. The van der Waals surface area contributed by atoms with Gasteiger partial charge in [0.05, 0.1) is 6.54 Å². The van der Waals surface area contributed by atoms with E-state index in [1.165, 1.54) is 6.08 Å². The molecule has 2 aromatic heterocycles. The number of likely N-dealkylation sites (tertiary alicyclic amines) is 1. The van der Waals surface area contributed by atoms with Gasteiger partial charge in [-0.25, -0.2) is 4.98 Å². The smallest absolute Gasteiger partial charge is 0.244 e. The summed E-state index contributed by atoms with van der Waals surface area (Å²) in [5.74, 6) is -0.763. The van der Waals surface area contributed by atoms with Gasteiger partial charge in [0.1, 0.15) is 17.2 Å². The van der Waals surface area contributed by atoms with Gasteiger partial charge >= 0.3 is 0 Å². The van der Waals surface area contributed by atoms with E-state index in [1.54, 1.807) is 78.0 Å². The van der Waals surface area contributed by atoms with Crippen molar-refractivity contribution >= 4 is 47.0 Å². The standard InChI is InChI=1S/C29H29Cl2N5O4/c30-21-9-6-20(7-10-21)8-11-26(37)35-25(18-22-4-1-2-14-32-22)28(39)34-19-27(38)36-16-12-23(13-17-36)40-29-24(31)5-3-15-33-29/h1-11,14-15,23,25H,12-13,16-19H2,(H,34,39)(H,35,37)/t25-/m0/s1. The lowest BCUT2D eigenvalue weighted by Gasteiger charge is -2.32. The van der Waals surface area contributed by atoms with Crippen LogP contribution in [0.2, 0.25) is 10.0 Å². The molecule has 40 heavy (non-hydrogen) atoms. The molecule has 1 aromatic carbocycles. The fourth-order valence-corrected chi connectivity index (χ4v) is 4.43. The van der Waals surface area contributed by atoms with Crippen LogP contribution in [-0.4, -0.2) is 64.4 Å². The SMILES string of the molecule is O=C(C=Cc1ccc(Cl)cc1)N[C@@H](Cc1ccccn1)C(=O)NCC(=O)N1CCC(Oc2ncccc2Cl)CC1. The Kier molecular flexibility index (Phi) is 10.5. The van der Waals surface area contributed by atoms with Gasteiger partial charge in [-0.3, -0.25) is 19.4 Å². The first kappa shape index (κ1) is 29.0. The van der Waals surface area contributed by atoms with E-state index in [0.717, 1.165) is 5.56 Å². The first-order chi connectivity index (χ1) is 19.4. The van der Waals surface area contributed by atoms with Gasteiger partial charge in [0, 0.05) is 61.5 Å². The molecule has 3 aromatic rings. The summed E-state index contributed by atoms with van der Waals surface area (Å²) in [6, 6.07) is 14.9. The molecule has 1 atom stereocenters. The topological polar surface area (TPSA) is 114 Å². The second kappa shape index (κ2) is 14.4. The predicted octanol–water partition coefficient (Wildman–Crippen LogP) is 3.71. The fraction of sp³-hybridized carbons (Fsp3) is 0.276. The molecule has 3 amide bonds. The zero-order valence-corrected chi connectivity index (χ0v) is 23.1. The Morgan fingerprint density at radius 1 is 1.00 bits per heavy atom. The van der Waals surface area contributed by atoms with Crippen LogP contribution in [0, 0.1) is 0 Å². The van der Waals surface area contributed by atoms with Crippen molar-refractivity contribution in [3.63, 3.8) is 0 Å². The lowest BCUT2D eigenvalue weighted by atomic mass is 10.1. The zero-order chi connectivity index (χ0) is 28.3. The summed E-state index contributed by atoms with van der Waals surface area (Å²) in [5, 5.41) is 6.43. The monoisotopic (exact) mass is 581 g/mol. The third-order valence-corrected chi connectivity index (χ3v) is 6.82. The maximum atomic E-state index is 13.1. The van der Waals surface area contributed by atoms with Crippen LogP contribution in [0.1, 0.15) is 24.1 Å². The van der Waals surface area contributed by atoms with E-state index in [2.05, 4.69) is 20.6 Å². The lowest BCUT2D eigenvalue weighted by molar-refractivity contribution is -0.135. The van der Waals surface area contributed by atoms with Gasteiger partial charge in [-0.05, 0) is 48.0 Å². The predicted molar refractivity (Wildman–Crippen MR) is 153 cm³/mol. The number of amides is 3. The number of hydrogen-bond acceptors (Lipinski definition) is 6. The summed E-state index contributed by atoms with van der Waals surface area (Å²) in [4.78, 5) is 48.6. The van der Waals surface area contributed by atoms with Gasteiger partial charge in [-0.1, -0.05) is 41.4 Å². The van der Waals surface area contributed by atoms with Crippen molar-refractivity contribution in [2.75, 3.05) is 19.6 Å². The molecule has 1 aliphatic rings. The summed E-state index contributed by atoms with van der Waals surface area (Å²) in [5.41, 5.74) is 1.42. The number of hydrogen-bond donors (Lipinski definition) is 2. The third kappa shape index (κ3) is 8.79. The molecule has 1 fully saturated rings. The Morgan fingerprint density at radius 2 is 1.75 bits per heavy atom. The lowest BCUT2D eigenvalue weighted by Crippen LogP contribution is -2.51. The number of ether oxygens (including phenoxy) is 1. The molecule has 0 spiro atoms. The summed E-state index contributed by atoms with van der Waals surface area (Å²) in [7, 11) is 0. The van der Waals surface area contributed by atoms with E-state index in [9.17, 15) is 14.4 Å². The largest absolute Gasteiger partial charge is 0.473 e. The van der Waals surface area contributed by atoms with Crippen molar-refractivity contribution in [1.29, 1.82) is 0 Å². The van der Waals surface area contributed by atoms with Crippen LogP contribution in [-0.2, 0) is 20.8 Å². The molecule has 3 heterocycles. The number of nitrogens with one attached hydrogen (secondary N) is 2. The van der Waals surface area contributed by atoms with Crippen molar-refractivity contribution in [3.8, 4) is 5.88 Å². The van der Waals surface area contributed by atoms with Gasteiger partial charge in [-0.15, -0.1) is 0 Å². The molecule has 0 aliphatic carbocycles. The van der Waals surface area contributed by atoms with Gasteiger partial charge in [-0.2, -0.15) is 0 Å². The van der Waals surface area contributed by atoms with Crippen molar-refractivity contribution in [2.24, 2.45) is 0 Å². The highest BCUT2D eigenvalue weighted by atomic mass is 35.5. The number of rotatable bonds is 10.